The lowest BCUT2D eigenvalue weighted by molar-refractivity contribution is -0.384. The number of hydrogen-bond donors (Lipinski definition) is 2. The van der Waals surface area contributed by atoms with Crippen LogP contribution < -0.4 is 11.1 Å². The molecule has 76 valence electrons. The first-order chi connectivity index (χ1) is 6.57. The second-order valence-electron chi connectivity index (χ2n) is 3.05. The normalized spacial score (nSPS) is 12.4. The highest BCUT2D eigenvalue weighted by Gasteiger charge is 2.16. The molecule has 0 fully saturated rings. The lowest BCUT2D eigenvalue weighted by Crippen LogP contribution is -2.14. The molecule has 1 atom stereocenters. The van der Waals surface area contributed by atoms with Gasteiger partial charge in [0, 0.05) is 12.1 Å². The molecule has 0 saturated carbocycles. The van der Waals surface area contributed by atoms with Crippen molar-refractivity contribution in [1.29, 1.82) is 0 Å². The fourth-order valence-corrected chi connectivity index (χ4v) is 1.26. The molecule has 0 spiro atoms. The summed E-state index contributed by atoms with van der Waals surface area (Å²) in [6.07, 6.45) is 0. The van der Waals surface area contributed by atoms with Gasteiger partial charge in [0.2, 0.25) is 0 Å². The Morgan fingerprint density at radius 2 is 2.21 bits per heavy atom. The predicted octanol–water partition coefficient (Wildman–Crippen LogP) is 1.46. The fraction of sp³-hybridized carbons (Fsp3) is 0.333. The smallest absolute Gasteiger partial charge is 0.292 e. The first kappa shape index (κ1) is 10.5. The molecule has 0 aliphatic heterocycles. The Hall–Kier alpha value is -1.62. The largest absolute Gasteiger partial charge is 0.393 e. The predicted molar refractivity (Wildman–Crippen MR) is 55.0 cm³/mol. The van der Waals surface area contributed by atoms with Gasteiger partial charge in [-0.3, -0.25) is 10.1 Å². The van der Waals surface area contributed by atoms with Crippen LogP contribution in [0.25, 0.3) is 0 Å². The minimum Gasteiger partial charge on any atom is -0.393 e. The summed E-state index contributed by atoms with van der Waals surface area (Å²) in [7, 11) is 1.78. The van der Waals surface area contributed by atoms with Gasteiger partial charge in [0.25, 0.3) is 5.69 Å². The molecular weight excluding hydrogens is 182 g/mol. The minimum atomic E-state index is -0.471. The molecule has 0 radical (unpaired) electrons. The van der Waals surface area contributed by atoms with E-state index < -0.39 is 4.92 Å². The van der Waals surface area contributed by atoms with E-state index in [1.54, 1.807) is 19.2 Å². The lowest BCUT2D eigenvalue weighted by Gasteiger charge is -2.12. The summed E-state index contributed by atoms with van der Waals surface area (Å²) in [6.45, 7) is 1.90. The van der Waals surface area contributed by atoms with Gasteiger partial charge in [0.1, 0.15) is 5.69 Å². The highest BCUT2D eigenvalue weighted by Crippen LogP contribution is 2.28. The quantitative estimate of drug-likeness (QED) is 0.434. The van der Waals surface area contributed by atoms with Crippen molar-refractivity contribution in [2.24, 2.45) is 0 Å². The average molecular weight is 195 g/mol. The summed E-state index contributed by atoms with van der Waals surface area (Å²) < 4.78 is 0. The summed E-state index contributed by atoms with van der Waals surface area (Å²) >= 11 is 0. The molecule has 1 aromatic carbocycles. The Kier molecular flexibility index (Phi) is 3.03. The Bertz CT molecular complexity index is 352. The number of nitro groups is 1. The maximum Gasteiger partial charge on any atom is 0.292 e. The van der Waals surface area contributed by atoms with Gasteiger partial charge in [0.15, 0.2) is 0 Å². The monoisotopic (exact) mass is 195 g/mol. The van der Waals surface area contributed by atoms with Crippen molar-refractivity contribution < 1.29 is 4.92 Å². The summed E-state index contributed by atoms with van der Waals surface area (Å²) in [5, 5.41) is 13.6. The summed E-state index contributed by atoms with van der Waals surface area (Å²) in [4.78, 5) is 10.1. The van der Waals surface area contributed by atoms with E-state index in [2.05, 4.69) is 5.32 Å². The number of hydrogen-bond acceptors (Lipinski definition) is 4. The van der Waals surface area contributed by atoms with E-state index in [1.165, 1.54) is 6.07 Å². The Labute approximate surface area is 82.1 Å². The molecule has 3 N–H and O–H groups in total. The zero-order valence-corrected chi connectivity index (χ0v) is 8.15. The molecule has 1 aromatic rings. The Balaban J connectivity index is 3.20. The molecular formula is C9H13N3O2. The van der Waals surface area contributed by atoms with Gasteiger partial charge in [-0.15, -0.1) is 0 Å². The van der Waals surface area contributed by atoms with Crippen LogP contribution in [0.3, 0.4) is 0 Å². The molecule has 5 heteroatoms. The standard InChI is InChI=1S/C9H13N3O2/c1-6(11-2)7-4-3-5-8(9(7)10)12(13)14/h3-6,11H,10H2,1-2H3/t6-/m0/s1. The topological polar surface area (TPSA) is 81.2 Å². The first-order valence-electron chi connectivity index (χ1n) is 4.28. The van der Waals surface area contributed by atoms with Crippen LogP contribution in [0.4, 0.5) is 11.4 Å². The van der Waals surface area contributed by atoms with Gasteiger partial charge in [-0.1, -0.05) is 12.1 Å². The highest BCUT2D eigenvalue weighted by molar-refractivity contribution is 5.63. The third-order valence-electron chi connectivity index (χ3n) is 2.21. The molecule has 5 nitrogen and oxygen atoms in total. The van der Waals surface area contributed by atoms with Gasteiger partial charge >= 0.3 is 0 Å². The molecule has 0 aliphatic rings. The zero-order chi connectivity index (χ0) is 10.7. The molecule has 0 aromatic heterocycles. The van der Waals surface area contributed by atoms with Crippen molar-refractivity contribution in [1.82, 2.24) is 5.32 Å². The van der Waals surface area contributed by atoms with E-state index >= 15 is 0 Å². The summed E-state index contributed by atoms with van der Waals surface area (Å²) in [5.41, 5.74) is 6.63. The van der Waals surface area contributed by atoms with Crippen molar-refractivity contribution in [3.8, 4) is 0 Å². The van der Waals surface area contributed by atoms with Gasteiger partial charge < -0.3 is 11.1 Å². The average Bonchev–Trinajstić information content (AvgIpc) is 2.16. The van der Waals surface area contributed by atoms with E-state index in [0.717, 1.165) is 5.56 Å². The second-order valence-corrected chi connectivity index (χ2v) is 3.05. The number of nitrogens with zero attached hydrogens (tertiary/aromatic N) is 1. The zero-order valence-electron chi connectivity index (χ0n) is 8.15. The van der Waals surface area contributed by atoms with Crippen molar-refractivity contribution in [2.45, 2.75) is 13.0 Å². The molecule has 0 amide bonds. The number of benzene rings is 1. The maximum absolute atomic E-state index is 10.6. The van der Waals surface area contributed by atoms with E-state index in [1.807, 2.05) is 6.92 Å². The third kappa shape index (κ3) is 1.82. The van der Waals surface area contributed by atoms with E-state index in [0.29, 0.717) is 0 Å². The number of nitrogen functional groups attached to an aromatic ring is 1. The number of nitrogens with two attached hydrogens (primary N) is 1. The second kappa shape index (κ2) is 4.06. The fourth-order valence-electron chi connectivity index (χ4n) is 1.26. The molecule has 0 unspecified atom stereocenters. The Morgan fingerprint density at radius 3 is 2.71 bits per heavy atom. The highest BCUT2D eigenvalue weighted by atomic mass is 16.6. The van der Waals surface area contributed by atoms with Crippen LogP contribution >= 0.6 is 0 Å². The molecule has 14 heavy (non-hydrogen) atoms. The molecule has 1 rings (SSSR count). The molecule has 0 saturated heterocycles. The number of nitro benzene ring substituents is 1. The maximum atomic E-state index is 10.6. The number of rotatable bonds is 3. The van der Waals surface area contributed by atoms with Gasteiger partial charge in [-0.2, -0.15) is 0 Å². The molecule has 0 heterocycles. The number of para-hydroxylation sites is 1. The van der Waals surface area contributed by atoms with Gasteiger partial charge in [-0.25, -0.2) is 0 Å². The van der Waals surface area contributed by atoms with E-state index in [4.69, 9.17) is 5.73 Å². The van der Waals surface area contributed by atoms with Crippen LogP contribution in [0.1, 0.15) is 18.5 Å². The van der Waals surface area contributed by atoms with Crippen LogP contribution in [0.15, 0.2) is 18.2 Å². The van der Waals surface area contributed by atoms with Crippen LogP contribution in [0.5, 0.6) is 0 Å². The van der Waals surface area contributed by atoms with E-state index in [-0.39, 0.29) is 17.4 Å². The van der Waals surface area contributed by atoms with E-state index in [9.17, 15) is 10.1 Å². The van der Waals surface area contributed by atoms with Gasteiger partial charge in [0.05, 0.1) is 4.92 Å². The third-order valence-corrected chi connectivity index (χ3v) is 2.21. The Morgan fingerprint density at radius 1 is 1.57 bits per heavy atom. The first-order valence-corrected chi connectivity index (χ1v) is 4.28. The summed E-state index contributed by atoms with van der Waals surface area (Å²) in [6, 6.07) is 4.83. The van der Waals surface area contributed by atoms with Crippen molar-refractivity contribution in [3.05, 3.63) is 33.9 Å². The number of anilines is 1. The van der Waals surface area contributed by atoms with Crippen LogP contribution in [0, 0.1) is 10.1 Å². The van der Waals surface area contributed by atoms with Gasteiger partial charge in [-0.05, 0) is 19.5 Å². The van der Waals surface area contributed by atoms with Crippen LogP contribution in [-0.4, -0.2) is 12.0 Å². The van der Waals surface area contributed by atoms with Crippen LogP contribution in [-0.2, 0) is 0 Å². The number of nitrogens with one attached hydrogen (secondary N) is 1. The van der Waals surface area contributed by atoms with Crippen molar-refractivity contribution in [2.75, 3.05) is 12.8 Å². The molecule has 0 aliphatic carbocycles. The van der Waals surface area contributed by atoms with Crippen molar-refractivity contribution >= 4 is 11.4 Å². The molecule has 0 bridgehead atoms. The van der Waals surface area contributed by atoms with Crippen LogP contribution in [0.2, 0.25) is 0 Å². The SMILES string of the molecule is CN[C@@H](C)c1cccc([N+](=O)[O-])c1N. The lowest BCUT2D eigenvalue weighted by atomic mass is 10.1. The van der Waals surface area contributed by atoms with Crippen molar-refractivity contribution in [3.63, 3.8) is 0 Å². The summed E-state index contributed by atoms with van der Waals surface area (Å²) in [5.74, 6) is 0. The minimum absolute atomic E-state index is 0.00917.